The molecule has 6 nitrogen and oxygen atoms in total. The van der Waals surface area contributed by atoms with Gasteiger partial charge in [0.05, 0.1) is 0 Å². The Morgan fingerprint density at radius 3 is 2.76 bits per heavy atom. The smallest absolute Gasteiger partial charge is 0.252 e. The number of sulfonamides is 1. The van der Waals surface area contributed by atoms with Crippen molar-refractivity contribution in [1.29, 1.82) is 0 Å². The molecule has 1 saturated heterocycles. The van der Waals surface area contributed by atoms with Gasteiger partial charge in [-0.1, -0.05) is 6.07 Å². The molecule has 3 heterocycles. The van der Waals surface area contributed by atoms with Crippen molar-refractivity contribution < 1.29 is 13.5 Å². The van der Waals surface area contributed by atoms with Crippen molar-refractivity contribution in [3.63, 3.8) is 0 Å². The molecular weight excluding hydrogens is 310 g/mol. The molecule has 114 valence electrons. The first kappa shape index (κ1) is 14.7. The number of hydrogen-bond acceptors (Lipinski definition) is 5. The Bertz CT molecular complexity index is 660. The number of thiophene rings is 1. The Labute approximate surface area is 127 Å². The summed E-state index contributed by atoms with van der Waals surface area (Å²) in [5.41, 5.74) is 0. The first-order valence-electron chi connectivity index (χ1n) is 6.80. The van der Waals surface area contributed by atoms with Gasteiger partial charge in [0.1, 0.15) is 16.1 Å². The van der Waals surface area contributed by atoms with Gasteiger partial charge in [-0.05, 0) is 30.2 Å². The maximum absolute atomic E-state index is 12.4. The third-order valence-corrected chi connectivity index (χ3v) is 7.11. The van der Waals surface area contributed by atoms with E-state index in [2.05, 4.69) is 9.97 Å². The van der Waals surface area contributed by atoms with Crippen LogP contribution in [0.3, 0.4) is 0 Å². The Kier molecular flexibility index (Phi) is 4.12. The second-order valence-corrected chi connectivity index (χ2v) is 8.21. The number of aliphatic hydroxyl groups is 1. The van der Waals surface area contributed by atoms with Crippen LogP contribution in [0.1, 0.15) is 24.8 Å². The van der Waals surface area contributed by atoms with Crippen LogP contribution in [0.25, 0.3) is 0 Å². The van der Waals surface area contributed by atoms with Crippen molar-refractivity contribution in [3.8, 4) is 0 Å². The number of aliphatic hydroxyl groups excluding tert-OH is 1. The topological polar surface area (TPSA) is 86.3 Å². The predicted octanol–water partition coefficient (Wildman–Crippen LogP) is 1.61. The van der Waals surface area contributed by atoms with Crippen molar-refractivity contribution in [2.75, 3.05) is 13.1 Å². The number of piperidine rings is 1. The number of aromatic nitrogens is 2. The molecule has 0 bridgehead atoms. The monoisotopic (exact) mass is 327 g/mol. The van der Waals surface area contributed by atoms with Gasteiger partial charge in [-0.15, -0.1) is 11.3 Å². The zero-order valence-electron chi connectivity index (χ0n) is 11.3. The number of hydrogen-bond donors (Lipinski definition) is 2. The number of nitrogens with zero attached hydrogens (tertiary/aromatic N) is 2. The molecular formula is C13H17N3O3S2. The average Bonchev–Trinajstić information content (AvgIpc) is 3.19. The van der Waals surface area contributed by atoms with Crippen LogP contribution in [-0.2, 0) is 10.0 Å². The molecule has 2 aromatic rings. The van der Waals surface area contributed by atoms with Gasteiger partial charge in [-0.2, -0.15) is 4.31 Å². The zero-order valence-corrected chi connectivity index (χ0v) is 13.0. The standard InChI is InChI=1S/C13H17N3O3S2/c17-12(13-14-5-6-15-13)10-3-7-16(8-4-10)21(18,19)11-2-1-9-20-11/h1-2,5-6,9-10,12,17H,3-4,7-8H2,(H,14,15). The van der Waals surface area contributed by atoms with Crippen molar-refractivity contribution in [2.45, 2.75) is 23.2 Å². The SMILES string of the molecule is O=S(=O)(c1cccs1)N1CCC(C(O)c2ncc[nH]2)CC1. The molecule has 3 rings (SSSR count). The highest BCUT2D eigenvalue weighted by Crippen LogP contribution is 2.32. The Hall–Kier alpha value is -1.22. The highest BCUT2D eigenvalue weighted by molar-refractivity contribution is 7.91. The van der Waals surface area contributed by atoms with Crippen LogP contribution >= 0.6 is 11.3 Å². The lowest BCUT2D eigenvalue weighted by molar-refractivity contribution is 0.0696. The average molecular weight is 327 g/mol. The van der Waals surface area contributed by atoms with Gasteiger partial charge < -0.3 is 10.1 Å². The first-order chi connectivity index (χ1) is 10.1. The fraction of sp³-hybridized carbons (Fsp3) is 0.462. The highest BCUT2D eigenvalue weighted by atomic mass is 32.2. The van der Waals surface area contributed by atoms with Gasteiger partial charge in [0.2, 0.25) is 0 Å². The highest BCUT2D eigenvalue weighted by Gasteiger charge is 2.33. The van der Waals surface area contributed by atoms with Crippen LogP contribution in [-0.4, -0.2) is 40.9 Å². The number of aromatic amines is 1. The van der Waals surface area contributed by atoms with Gasteiger partial charge in [-0.3, -0.25) is 0 Å². The summed E-state index contributed by atoms with van der Waals surface area (Å²) >= 11 is 1.23. The van der Waals surface area contributed by atoms with Gasteiger partial charge in [0.25, 0.3) is 10.0 Å². The van der Waals surface area contributed by atoms with E-state index in [0.29, 0.717) is 36.0 Å². The fourth-order valence-corrected chi connectivity index (χ4v) is 5.25. The molecule has 0 saturated carbocycles. The lowest BCUT2D eigenvalue weighted by Gasteiger charge is -2.32. The summed E-state index contributed by atoms with van der Waals surface area (Å²) in [6.45, 7) is 0.866. The van der Waals surface area contributed by atoms with Crippen LogP contribution in [0, 0.1) is 5.92 Å². The number of nitrogens with one attached hydrogen (secondary N) is 1. The van der Waals surface area contributed by atoms with Crippen molar-refractivity contribution >= 4 is 21.4 Å². The maximum Gasteiger partial charge on any atom is 0.252 e. The normalized spacial score (nSPS) is 19.7. The molecule has 0 radical (unpaired) electrons. The minimum Gasteiger partial charge on any atom is -0.385 e. The molecule has 0 amide bonds. The Morgan fingerprint density at radius 1 is 1.43 bits per heavy atom. The molecule has 1 aliphatic heterocycles. The minimum absolute atomic E-state index is 0.0333. The number of imidazole rings is 1. The predicted molar refractivity (Wildman–Crippen MR) is 79.3 cm³/mol. The van der Waals surface area contributed by atoms with E-state index in [1.54, 1.807) is 29.9 Å². The summed E-state index contributed by atoms with van der Waals surface area (Å²) in [6.07, 6.45) is 3.88. The van der Waals surface area contributed by atoms with E-state index >= 15 is 0 Å². The summed E-state index contributed by atoms with van der Waals surface area (Å²) < 4.78 is 26.7. The maximum atomic E-state index is 12.4. The van der Waals surface area contributed by atoms with E-state index < -0.39 is 16.1 Å². The lowest BCUT2D eigenvalue weighted by Crippen LogP contribution is -2.39. The lowest BCUT2D eigenvalue weighted by atomic mass is 9.92. The second kappa shape index (κ2) is 5.88. The van der Waals surface area contributed by atoms with Crippen molar-refractivity contribution in [3.05, 3.63) is 35.7 Å². The molecule has 1 atom stereocenters. The van der Waals surface area contributed by atoms with E-state index in [-0.39, 0.29) is 5.92 Å². The molecule has 21 heavy (non-hydrogen) atoms. The molecule has 2 aromatic heterocycles. The molecule has 1 fully saturated rings. The van der Waals surface area contributed by atoms with Gasteiger partial charge in [-0.25, -0.2) is 13.4 Å². The van der Waals surface area contributed by atoms with Crippen LogP contribution in [0.5, 0.6) is 0 Å². The summed E-state index contributed by atoms with van der Waals surface area (Å²) in [4.78, 5) is 6.97. The fourth-order valence-electron chi connectivity index (χ4n) is 2.63. The second-order valence-electron chi connectivity index (χ2n) is 5.09. The molecule has 1 aliphatic rings. The van der Waals surface area contributed by atoms with Gasteiger partial charge >= 0.3 is 0 Å². The molecule has 0 aromatic carbocycles. The summed E-state index contributed by atoms with van der Waals surface area (Å²) in [5.74, 6) is 0.584. The van der Waals surface area contributed by atoms with E-state index in [1.165, 1.54) is 15.6 Å². The molecule has 1 unspecified atom stereocenters. The van der Waals surface area contributed by atoms with Crippen LogP contribution in [0.15, 0.2) is 34.1 Å². The molecule has 0 aliphatic carbocycles. The summed E-state index contributed by atoms with van der Waals surface area (Å²) in [5, 5.41) is 12.0. The van der Waals surface area contributed by atoms with Gasteiger partial charge in [0, 0.05) is 25.5 Å². The third-order valence-electron chi connectivity index (χ3n) is 3.83. The summed E-state index contributed by atoms with van der Waals surface area (Å²) in [6, 6.07) is 3.37. The Morgan fingerprint density at radius 2 is 2.19 bits per heavy atom. The minimum atomic E-state index is -3.37. The molecule has 0 spiro atoms. The van der Waals surface area contributed by atoms with Crippen molar-refractivity contribution in [1.82, 2.24) is 14.3 Å². The summed E-state index contributed by atoms with van der Waals surface area (Å²) in [7, 11) is -3.37. The van der Waals surface area contributed by atoms with Crippen LogP contribution in [0.4, 0.5) is 0 Å². The zero-order chi connectivity index (χ0) is 14.9. The van der Waals surface area contributed by atoms with Crippen LogP contribution in [0.2, 0.25) is 0 Å². The van der Waals surface area contributed by atoms with Crippen molar-refractivity contribution in [2.24, 2.45) is 5.92 Å². The largest absolute Gasteiger partial charge is 0.385 e. The van der Waals surface area contributed by atoms with E-state index in [4.69, 9.17) is 0 Å². The number of H-pyrrole nitrogens is 1. The van der Waals surface area contributed by atoms with Crippen LogP contribution < -0.4 is 0 Å². The number of rotatable bonds is 4. The molecule has 8 heteroatoms. The quantitative estimate of drug-likeness (QED) is 0.893. The first-order valence-corrected chi connectivity index (χ1v) is 9.12. The Balaban J connectivity index is 1.66. The van der Waals surface area contributed by atoms with E-state index in [0.717, 1.165) is 0 Å². The van der Waals surface area contributed by atoms with Gasteiger partial charge in [0.15, 0.2) is 0 Å². The molecule has 2 N–H and O–H groups in total. The third kappa shape index (κ3) is 2.89. The van der Waals surface area contributed by atoms with E-state index in [1.807, 2.05) is 0 Å². The van der Waals surface area contributed by atoms with E-state index in [9.17, 15) is 13.5 Å².